The largest absolute Gasteiger partial charge is 0.370 e. The fourth-order valence-corrected chi connectivity index (χ4v) is 2.00. The number of nitrogens with two attached hydrogens (primary N) is 1. The van der Waals surface area contributed by atoms with Gasteiger partial charge in [0, 0.05) is 12.7 Å². The minimum atomic E-state index is -3.13. The zero-order valence-corrected chi connectivity index (χ0v) is 9.96. The van der Waals surface area contributed by atoms with E-state index in [0.29, 0.717) is 17.7 Å². The number of sulfone groups is 1. The van der Waals surface area contributed by atoms with Crippen LogP contribution in [0.15, 0.2) is 29.2 Å². The number of rotatable bonds is 5. The molecule has 16 heavy (non-hydrogen) atoms. The van der Waals surface area contributed by atoms with Crippen LogP contribution in [0.3, 0.4) is 0 Å². The van der Waals surface area contributed by atoms with E-state index < -0.39 is 9.84 Å². The number of carbonyl (C=O) groups is 1. The van der Waals surface area contributed by atoms with Gasteiger partial charge in [0.1, 0.15) is 0 Å². The number of primary amides is 1. The highest BCUT2D eigenvalue weighted by Crippen LogP contribution is 2.12. The first-order chi connectivity index (χ1) is 7.39. The van der Waals surface area contributed by atoms with Crippen molar-refractivity contribution < 1.29 is 13.2 Å². The molecule has 0 unspecified atom stereocenters. The molecule has 0 aliphatic heterocycles. The van der Waals surface area contributed by atoms with Crippen molar-refractivity contribution >= 4 is 15.7 Å². The number of hydrogen-bond acceptors (Lipinski definition) is 3. The number of hydrogen-bond donors (Lipinski definition) is 1. The molecule has 0 heterocycles. The van der Waals surface area contributed by atoms with Gasteiger partial charge in [0.05, 0.1) is 4.90 Å². The van der Waals surface area contributed by atoms with E-state index >= 15 is 0 Å². The number of carbonyl (C=O) groups excluding carboxylic acids is 1. The zero-order valence-electron chi connectivity index (χ0n) is 9.14. The number of benzene rings is 1. The third-order valence-corrected chi connectivity index (χ3v) is 3.37. The summed E-state index contributed by atoms with van der Waals surface area (Å²) >= 11 is 0. The minimum absolute atomic E-state index is 0.311. The van der Waals surface area contributed by atoms with Crippen molar-refractivity contribution in [3.63, 3.8) is 0 Å². The van der Waals surface area contributed by atoms with Gasteiger partial charge in [-0.1, -0.05) is 12.1 Å². The standard InChI is InChI=1S/C11H15NO3S/c1-16(14,15)10-7-5-9(6-8-10)3-2-4-11(12)13/h5-8H,2-4H2,1H3,(H2,12,13). The summed E-state index contributed by atoms with van der Waals surface area (Å²) in [5, 5.41) is 0. The average Bonchev–Trinajstić information content (AvgIpc) is 2.16. The predicted molar refractivity (Wildman–Crippen MR) is 61.7 cm³/mol. The molecule has 5 heteroatoms. The smallest absolute Gasteiger partial charge is 0.217 e. The molecule has 0 saturated heterocycles. The highest BCUT2D eigenvalue weighted by Gasteiger charge is 2.05. The zero-order chi connectivity index (χ0) is 12.2. The topological polar surface area (TPSA) is 77.2 Å². The van der Waals surface area contributed by atoms with Crippen molar-refractivity contribution in [2.24, 2.45) is 5.73 Å². The van der Waals surface area contributed by atoms with Gasteiger partial charge in [0.15, 0.2) is 9.84 Å². The molecule has 0 aliphatic carbocycles. The quantitative estimate of drug-likeness (QED) is 0.832. The van der Waals surface area contributed by atoms with Crippen LogP contribution < -0.4 is 5.73 Å². The Bertz CT molecular complexity index is 463. The van der Waals surface area contributed by atoms with Gasteiger partial charge in [0.2, 0.25) is 5.91 Å². The van der Waals surface area contributed by atoms with Crippen LogP contribution in [0.5, 0.6) is 0 Å². The van der Waals surface area contributed by atoms with Crippen LogP contribution in [0.4, 0.5) is 0 Å². The van der Waals surface area contributed by atoms with E-state index in [9.17, 15) is 13.2 Å². The maximum Gasteiger partial charge on any atom is 0.217 e. The fraction of sp³-hybridized carbons (Fsp3) is 0.364. The number of amides is 1. The molecule has 0 radical (unpaired) electrons. The second-order valence-electron chi connectivity index (χ2n) is 3.74. The Labute approximate surface area is 95.4 Å². The molecule has 0 atom stereocenters. The molecule has 0 spiro atoms. The summed E-state index contributed by atoms with van der Waals surface area (Å²) in [7, 11) is -3.13. The Hall–Kier alpha value is -1.36. The lowest BCUT2D eigenvalue weighted by atomic mass is 10.1. The molecule has 2 N–H and O–H groups in total. The maximum absolute atomic E-state index is 11.2. The lowest BCUT2D eigenvalue weighted by molar-refractivity contribution is -0.118. The highest BCUT2D eigenvalue weighted by atomic mass is 32.2. The Kier molecular flexibility index (Phi) is 4.06. The Morgan fingerprint density at radius 2 is 1.81 bits per heavy atom. The van der Waals surface area contributed by atoms with Crippen LogP contribution in [0, 0.1) is 0 Å². The van der Waals surface area contributed by atoms with Gasteiger partial charge in [-0.25, -0.2) is 8.42 Å². The molecule has 0 aliphatic rings. The first kappa shape index (κ1) is 12.7. The molecule has 4 nitrogen and oxygen atoms in total. The summed E-state index contributed by atoms with van der Waals surface area (Å²) in [5.74, 6) is -0.312. The highest BCUT2D eigenvalue weighted by molar-refractivity contribution is 7.90. The van der Waals surface area contributed by atoms with E-state index in [1.165, 1.54) is 6.26 Å². The van der Waals surface area contributed by atoms with Crippen molar-refractivity contribution in [2.45, 2.75) is 24.2 Å². The molecule has 1 aromatic rings. The van der Waals surface area contributed by atoms with Crippen LogP contribution in [0.1, 0.15) is 18.4 Å². The Morgan fingerprint density at radius 3 is 2.25 bits per heavy atom. The van der Waals surface area contributed by atoms with Gasteiger partial charge in [-0.3, -0.25) is 4.79 Å². The summed E-state index contributed by atoms with van der Waals surface area (Å²) in [5.41, 5.74) is 6.03. The van der Waals surface area contributed by atoms with E-state index in [2.05, 4.69) is 0 Å². The third kappa shape index (κ3) is 4.02. The molecular formula is C11H15NO3S. The number of aryl methyl sites for hydroxylation is 1. The minimum Gasteiger partial charge on any atom is -0.370 e. The van der Waals surface area contributed by atoms with Gasteiger partial charge in [-0.15, -0.1) is 0 Å². The van der Waals surface area contributed by atoms with Crippen molar-refractivity contribution in [2.75, 3.05) is 6.26 Å². The van der Waals surface area contributed by atoms with Crippen molar-refractivity contribution in [3.8, 4) is 0 Å². The molecule has 0 bridgehead atoms. The molecule has 1 rings (SSSR count). The van der Waals surface area contributed by atoms with Gasteiger partial charge in [0.25, 0.3) is 0 Å². The third-order valence-electron chi connectivity index (χ3n) is 2.24. The van der Waals surface area contributed by atoms with Crippen LogP contribution in [0.25, 0.3) is 0 Å². The summed E-state index contributed by atoms with van der Waals surface area (Å²) in [4.78, 5) is 10.8. The first-order valence-corrected chi connectivity index (χ1v) is 6.86. The normalized spacial score (nSPS) is 11.3. The van der Waals surface area contributed by atoms with E-state index in [-0.39, 0.29) is 5.91 Å². The molecule has 88 valence electrons. The van der Waals surface area contributed by atoms with Gasteiger partial charge in [-0.2, -0.15) is 0 Å². The van der Waals surface area contributed by atoms with Gasteiger partial charge in [-0.05, 0) is 30.5 Å². The molecule has 1 amide bonds. The lowest BCUT2D eigenvalue weighted by Crippen LogP contribution is -2.10. The summed E-state index contributed by atoms with van der Waals surface area (Å²) in [6, 6.07) is 6.68. The van der Waals surface area contributed by atoms with Crippen molar-refractivity contribution in [3.05, 3.63) is 29.8 Å². The predicted octanol–water partition coefficient (Wildman–Crippen LogP) is 0.898. The van der Waals surface area contributed by atoms with Gasteiger partial charge >= 0.3 is 0 Å². The Morgan fingerprint density at radius 1 is 1.25 bits per heavy atom. The van der Waals surface area contributed by atoms with Crippen molar-refractivity contribution in [1.29, 1.82) is 0 Å². The monoisotopic (exact) mass is 241 g/mol. The second kappa shape index (κ2) is 5.12. The van der Waals surface area contributed by atoms with Crippen LogP contribution >= 0.6 is 0 Å². The second-order valence-corrected chi connectivity index (χ2v) is 5.75. The van der Waals surface area contributed by atoms with Gasteiger partial charge < -0.3 is 5.73 Å². The van der Waals surface area contributed by atoms with E-state index in [4.69, 9.17) is 5.73 Å². The molecule has 0 saturated carbocycles. The summed E-state index contributed by atoms with van der Waals surface area (Å²) in [6.45, 7) is 0. The molecule has 0 fully saturated rings. The maximum atomic E-state index is 11.2. The molecule has 0 aromatic heterocycles. The van der Waals surface area contributed by atoms with Crippen LogP contribution in [0.2, 0.25) is 0 Å². The Balaban J connectivity index is 2.62. The summed E-state index contributed by atoms with van der Waals surface area (Å²) < 4.78 is 22.4. The lowest BCUT2D eigenvalue weighted by Gasteiger charge is -2.02. The van der Waals surface area contributed by atoms with E-state index in [1.54, 1.807) is 24.3 Å². The molecular weight excluding hydrogens is 226 g/mol. The summed E-state index contributed by atoms with van der Waals surface area (Å²) in [6.07, 6.45) is 2.95. The van der Waals surface area contributed by atoms with Crippen LogP contribution in [-0.2, 0) is 21.1 Å². The fourth-order valence-electron chi connectivity index (χ4n) is 1.37. The van der Waals surface area contributed by atoms with Crippen molar-refractivity contribution in [1.82, 2.24) is 0 Å². The SMILES string of the molecule is CS(=O)(=O)c1ccc(CCCC(N)=O)cc1. The average molecular weight is 241 g/mol. The first-order valence-electron chi connectivity index (χ1n) is 4.97. The van der Waals surface area contributed by atoms with E-state index in [0.717, 1.165) is 12.0 Å². The molecule has 1 aromatic carbocycles. The van der Waals surface area contributed by atoms with Crippen LogP contribution in [-0.4, -0.2) is 20.6 Å². The van der Waals surface area contributed by atoms with E-state index in [1.807, 2.05) is 0 Å².